The predicted molar refractivity (Wildman–Crippen MR) is 75.2 cm³/mol. The van der Waals surface area contributed by atoms with Gasteiger partial charge in [-0.2, -0.15) is 5.10 Å². The normalized spacial score (nSPS) is 11.1. The van der Waals surface area contributed by atoms with E-state index in [1.54, 1.807) is 6.07 Å². The lowest BCUT2D eigenvalue weighted by Crippen LogP contribution is -2.14. The molecule has 0 aliphatic carbocycles. The first-order valence-electron chi connectivity index (χ1n) is 5.65. The van der Waals surface area contributed by atoms with Crippen molar-refractivity contribution in [2.24, 2.45) is 0 Å². The molecule has 6 heteroatoms. The summed E-state index contributed by atoms with van der Waals surface area (Å²) in [4.78, 5) is 12.5. The molecule has 0 saturated carbocycles. The predicted octanol–water partition coefficient (Wildman–Crippen LogP) is 4.25. The van der Waals surface area contributed by atoms with E-state index in [-0.39, 0.29) is 32.6 Å². The van der Waals surface area contributed by atoms with E-state index in [1.807, 2.05) is 13.8 Å². The highest BCUT2D eigenvalue weighted by Gasteiger charge is 2.23. The smallest absolute Gasteiger partial charge is 0.213 e. The van der Waals surface area contributed by atoms with Gasteiger partial charge >= 0.3 is 0 Å². The average Bonchev–Trinajstić information content (AvgIpc) is 2.74. The lowest BCUT2D eigenvalue weighted by molar-refractivity contribution is 0.102. The Balaban J connectivity index is 2.56. The molecule has 1 aromatic carbocycles. The van der Waals surface area contributed by atoms with Crippen LogP contribution >= 0.6 is 27.5 Å². The van der Waals surface area contributed by atoms with Gasteiger partial charge in [-0.05, 0) is 41.9 Å². The van der Waals surface area contributed by atoms with Gasteiger partial charge in [-0.15, -0.1) is 0 Å². The number of halogens is 3. The summed E-state index contributed by atoms with van der Waals surface area (Å²) in [5.41, 5.74) is 0.493. The van der Waals surface area contributed by atoms with Crippen molar-refractivity contribution in [3.63, 3.8) is 0 Å². The highest BCUT2D eigenvalue weighted by atomic mass is 79.9. The molecule has 3 nitrogen and oxygen atoms in total. The summed E-state index contributed by atoms with van der Waals surface area (Å²) in [6.07, 6.45) is 1.42. The first kappa shape index (κ1) is 14.2. The van der Waals surface area contributed by atoms with E-state index < -0.39 is 5.82 Å². The Kier molecular flexibility index (Phi) is 4.06. The zero-order valence-corrected chi connectivity index (χ0v) is 12.7. The fourth-order valence-electron chi connectivity index (χ4n) is 1.75. The molecule has 2 rings (SSSR count). The Morgan fingerprint density at radius 3 is 2.79 bits per heavy atom. The minimum atomic E-state index is -0.488. The van der Waals surface area contributed by atoms with E-state index in [2.05, 4.69) is 21.0 Å². The highest BCUT2D eigenvalue weighted by Crippen LogP contribution is 2.27. The lowest BCUT2D eigenvalue weighted by Gasteiger charge is -2.11. The van der Waals surface area contributed by atoms with Crippen LogP contribution in [0.25, 0.3) is 0 Å². The second-order valence-corrected chi connectivity index (χ2v) is 5.51. The van der Waals surface area contributed by atoms with Crippen molar-refractivity contribution in [2.45, 2.75) is 19.9 Å². The average molecular weight is 346 g/mol. The van der Waals surface area contributed by atoms with Crippen LogP contribution in [0.15, 0.2) is 28.9 Å². The lowest BCUT2D eigenvalue weighted by atomic mass is 10.1. The second-order valence-electron chi connectivity index (χ2n) is 4.31. The number of carbonyl (C=O) groups is 1. The van der Waals surface area contributed by atoms with Gasteiger partial charge < -0.3 is 0 Å². The summed E-state index contributed by atoms with van der Waals surface area (Å²) >= 11 is 9.10. The molecule has 0 amide bonds. The number of carbonyl (C=O) groups excluding carboxylic acids is 1. The zero-order chi connectivity index (χ0) is 14.2. The molecule has 2 aromatic rings. The Morgan fingerprint density at radius 2 is 2.16 bits per heavy atom. The molecule has 0 aliphatic rings. The Morgan fingerprint density at radius 1 is 1.47 bits per heavy atom. The standard InChI is InChI=1S/C13H11BrClFN2O/c1-7(2)18-12(9(15)6-17-18)13(19)8-4-3-5-10(16)11(8)14/h3-7H,1-2H3. The topological polar surface area (TPSA) is 34.9 Å². The molecule has 1 heterocycles. The summed E-state index contributed by atoms with van der Waals surface area (Å²) in [5, 5.41) is 4.33. The molecule has 1 aromatic heterocycles. The highest BCUT2D eigenvalue weighted by molar-refractivity contribution is 9.10. The minimum absolute atomic E-state index is 0.0150. The van der Waals surface area contributed by atoms with E-state index in [9.17, 15) is 9.18 Å². The van der Waals surface area contributed by atoms with Gasteiger partial charge in [0.25, 0.3) is 0 Å². The van der Waals surface area contributed by atoms with Crippen LogP contribution < -0.4 is 0 Å². The van der Waals surface area contributed by atoms with Gasteiger partial charge in [-0.25, -0.2) is 4.39 Å². The maximum Gasteiger partial charge on any atom is 0.213 e. The van der Waals surface area contributed by atoms with Crippen molar-refractivity contribution in [1.82, 2.24) is 9.78 Å². The van der Waals surface area contributed by atoms with Crippen molar-refractivity contribution in [2.75, 3.05) is 0 Å². The summed E-state index contributed by atoms with van der Waals surface area (Å²) in [7, 11) is 0. The van der Waals surface area contributed by atoms with E-state index in [4.69, 9.17) is 11.6 Å². The number of hydrogen-bond acceptors (Lipinski definition) is 2. The van der Waals surface area contributed by atoms with Crippen LogP contribution in [-0.2, 0) is 0 Å². The molecule has 0 atom stereocenters. The van der Waals surface area contributed by atoms with Crippen molar-refractivity contribution in [1.29, 1.82) is 0 Å². The van der Waals surface area contributed by atoms with Crippen LogP contribution in [0.1, 0.15) is 35.9 Å². The Bertz CT molecular complexity index is 640. The van der Waals surface area contributed by atoms with E-state index in [0.717, 1.165) is 0 Å². The van der Waals surface area contributed by atoms with Crippen LogP contribution in [0.3, 0.4) is 0 Å². The summed E-state index contributed by atoms with van der Waals surface area (Å²) in [5.74, 6) is -0.847. The molecular weight excluding hydrogens is 335 g/mol. The third-order valence-electron chi connectivity index (χ3n) is 2.65. The molecule has 0 N–H and O–H groups in total. The van der Waals surface area contributed by atoms with Crippen LogP contribution in [-0.4, -0.2) is 15.6 Å². The van der Waals surface area contributed by atoms with E-state index in [1.165, 1.54) is 23.0 Å². The van der Waals surface area contributed by atoms with Gasteiger partial charge in [0.1, 0.15) is 11.5 Å². The van der Waals surface area contributed by atoms with Crippen molar-refractivity contribution >= 4 is 33.3 Å². The summed E-state index contributed by atoms with van der Waals surface area (Å²) in [6.45, 7) is 3.78. The van der Waals surface area contributed by atoms with Gasteiger partial charge in [0.05, 0.1) is 15.7 Å². The Labute approximate surface area is 123 Å². The van der Waals surface area contributed by atoms with Gasteiger partial charge in [-0.1, -0.05) is 17.7 Å². The van der Waals surface area contributed by atoms with E-state index in [0.29, 0.717) is 0 Å². The van der Waals surface area contributed by atoms with Crippen molar-refractivity contribution < 1.29 is 9.18 Å². The van der Waals surface area contributed by atoms with E-state index >= 15 is 0 Å². The fraction of sp³-hybridized carbons (Fsp3) is 0.231. The fourth-order valence-corrected chi connectivity index (χ4v) is 2.41. The number of ketones is 1. The largest absolute Gasteiger partial charge is 0.287 e. The molecule has 0 unspecified atom stereocenters. The molecule has 19 heavy (non-hydrogen) atoms. The molecule has 100 valence electrons. The number of nitrogens with zero attached hydrogens (tertiary/aromatic N) is 2. The van der Waals surface area contributed by atoms with Crippen LogP contribution in [0.2, 0.25) is 5.02 Å². The number of hydrogen-bond donors (Lipinski definition) is 0. The van der Waals surface area contributed by atoms with Gasteiger partial charge in [0, 0.05) is 11.6 Å². The second kappa shape index (κ2) is 5.43. The quantitative estimate of drug-likeness (QED) is 0.780. The minimum Gasteiger partial charge on any atom is -0.287 e. The first-order valence-corrected chi connectivity index (χ1v) is 6.82. The number of benzene rings is 1. The maximum absolute atomic E-state index is 13.5. The van der Waals surface area contributed by atoms with Crippen molar-refractivity contribution in [3.8, 4) is 0 Å². The number of aromatic nitrogens is 2. The SMILES string of the molecule is CC(C)n1ncc(Cl)c1C(=O)c1cccc(F)c1Br. The Hall–Kier alpha value is -1.20. The zero-order valence-electron chi connectivity index (χ0n) is 10.3. The summed E-state index contributed by atoms with van der Waals surface area (Å²) in [6, 6.07) is 4.29. The molecule has 0 saturated heterocycles. The molecular formula is C13H11BrClFN2O. The molecule has 0 spiro atoms. The van der Waals surface area contributed by atoms with Crippen molar-refractivity contribution in [3.05, 3.63) is 51.0 Å². The maximum atomic E-state index is 13.5. The third-order valence-corrected chi connectivity index (χ3v) is 3.73. The van der Waals surface area contributed by atoms with Gasteiger partial charge in [0.15, 0.2) is 0 Å². The molecule has 0 fully saturated rings. The van der Waals surface area contributed by atoms with Crippen LogP contribution in [0.5, 0.6) is 0 Å². The molecule has 0 radical (unpaired) electrons. The molecule has 0 bridgehead atoms. The van der Waals surface area contributed by atoms with Gasteiger partial charge in [-0.3, -0.25) is 9.48 Å². The number of rotatable bonds is 3. The first-order chi connectivity index (χ1) is 8.93. The third kappa shape index (κ3) is 2.58. The molecule has 0 aliphatic heterocycles. The van der Waals surface area contributed by atoms with Crippen LogP contribution in [0.4, 0.5) is 4.39 Å². The summed E-state index contributed by atoms with van der Waals surface area (Å²) < 4.78 is 15.1. The monoisotopic (exact) mass is 344 g/mol. The van der Waals surface area contributed by atoms with Crippen LogP contribution in [0, 0.1) is 5.82 Å². The van der Waals surface area contributed by atoms with Gasteiger partial charge in [0.2, 0.25) is 5.78 Å².